The molecule has 1 amide bonds. The normalized spacial score (nSPS) is 11.8. The first-order valence-corrected chi connectivity index (χ1v) is 11.4. The Balaban J connectivity index is 2.90. The molecule has 0 N–H and O–H groups in total. The van der Waals surface area contributed by atoms with Crippen LogP contribution in [-0.2, 0) is 19.1 Å². The van der Waals surface area contributed by atoms with Crippen LogP contribution in [-0.4, -0.2) is 35.9 Å². The third-order valence-electron chi connectivity index (χ3n) is 4.85. The summed E-state index contributed by atoms with van der Waals surface area (Å²) in [5.74, 6) is -0.870. The van der Waals surface area contributed by atoms with Crippen LogP contribution in [0, 0.1) is 13.8 Å². The van der Waals surface area contributed by atoms with Crippen LogP contribution in [0.2, 0.25) is 5.02 Å². The highest BCUT2D eigenvalue weighted by atomic mass is 35.5. The molecule has 0 aliphatic carbocycles. The van der Waals surface area contributed by atoms with Crippen LogP contribution in [0.25, 0.3) is 0 Å². The highest BCUT2D eigenvalue weighted by Gasteiger charge is 2.31. The van der Waals surface area contributed by atoms with Gasteiger partial charge in [-0.3, -0.25) is 14.5 Å². The molecule has 1 aromatic carbocycles. The number of esters is 1. The number of rotatable bonds is 11. The molecule has 7 heteroatoms. The van der Waals surface area contributed by atoms with Crippen LogP contribution in [0.15, 0.2) is 12.1 Å². The van der Waals surface area contributed by atoms with Gasteiger partial charge in [-0.05, 0) is 44.4 Å². The number of thioether (sulfide) groups is 1. The van der Waals surface area contributed by atoms with Gasteiger partial charge in [0.2, 0.25) is 5.91 Å². The smallest absolute Gasteiger partial charge is 0.328 e. The number of benzene rings is 1. The van der Waals surface area contributed by atoms with Gasteiger partial charge in [0.15, 0.2) is 5.12 Å². The quantitative estimate of drug-likeness (QED) is 0.336. The average molecular weight is 442 g/mol. The van der Waals surface area contributed by atoms with Crippen LogP contribution in [0.5, 0.6) is 0 Å². The molecule has 0 aromatic heterocycles. The van der Waals surface area contributed by atoms with Gasteiger partial charge in [-0.25, -0.2) is 4.79 Å². The van der Waals surface area contributed by atoms with E-state index in [1.165, 1.54) is 18.4 Å². The van der Waals surface area contributed by atoms with Crippen LogP contribution >= 0.6 is 23.4 Å². The number of amides is 1. The van der Waals surface area contributed by atoms with E-state index in [1.54, 1.807) is 13.0 Å². The van der Waals surface area contributed by atoms with E-state index < -0.39 is 12.0 Å². The van der Waals surface area contributed by atoms with E-state index in [2.05, 4.69) is 6.92 Å². The van der Waals surface area contributed by atoms with E-state index >= 15 is 0 Å². The Labute approximate surface area is 183 Å². The zero-order valence-electron chi connectivity index (χ0n) is 18.0. The lowest BCUT2D eigenvalue weighted by Crippen LogP contribution is -2.45. The number of carbonyl (C=O) groups excluding carboxylic acids is 3. The second-order valence-corrected chi connectivity index (χ2v) is 8.57. The molecule has 0 bridgehead atoms. The van der Waals surface area contributed by atoms with Crippen molar-refractivity contribution in [1.82, 2.24) is 0 Å². The number of methoxy groups -OCH3 is 1. The van der Waals surface area contributed by atoms with Crippen LogP contribution in [0.4, 0.5) is 5.69 Å². The first-order chi connectivity index (χ1) is 13.7. The second-order valence-electron chi connectivity index (χ2n) is 7.13. The minimum atomic E-state index is -0.826. The summed E-state index contributed by atoms with van der Waals surface area (Å²) in [6.07, 6.45) is 5.80. The van der Waals surface area contributed by atoms with Crippen molar-refractivity contribution in [1.29, 1.82) is 0 Å². The van der Waals surface area contributed by atoms with Gasteiger partial charge in [0.05, 0.1) is 18.6 Å². The predicted molar refractivity (Wildman–Crippen MR) is 121 cm³/mol. The molecule has 29 heavy (non-hydrogen) atoms. The maximum absolute atomic E-state index is 13.0. The highest BCUT2D eigenvalue weighted by molar-refractivity contribution is 8.14. The van der Waals surface area contributed by atoms with Gasteiger partial charge in [0.25, 0.3) is 0 Å². The Morgan fingerprint density at radius 1 is 1.14 bits per heavy atom. The summed E-state index contributed by atoms with van der Waals surface area (Å²) in [5.41, 5.74) is 2.12. The van der Waals surface area contributed by atoms with E-state index in [4.69, 9.17) is 16.3 Å². The standard InChI is InChI=1S/C22H32ClNO4S/c1-6-7-8-9-10-11-20(26)29-14-19(25)24(17(4)22(27)28-5)21-15(2)12-13-18(23)16(21)3/h12-13,17H,6-11,14H2,1-5H3. The van der Waals surface area contributed by atoms with Gasteiger partial charge in [-0.1, -0.05) is 62.0 Å². The first-order valence-electron chi connectivity index (χ1n) is 10.1. The molecule has 0 spiro atoms. The SMILES string of the molecule is CCCCCCCC(=O)SCC(=O)N(c1c(C)ccc(Cl)c1C)C(C)C(=O)OC. The fourth-order valence-corrected chi connectivity index (χ4v) is 4.01. The Kier molecular flexibility index (Phi) is 11.4. The Bertz CT molecular complexity index is 723. The molecule has 0 saturated heterocycles. The lowest BCUT2D eigenvalue weighted by molar-refractivity contribution is -0.142. The fraction of sp³-hybridized carbons (Fsp3) is 0.591. The van der Waals surface area contributed by atoms with Gasteiger partial charge in [-0.2, -0.15) is 0 Å². The summed E-state index contributed by atoms with van der Waals surface area (Å²) in [4.78, 5) is 38.8. The van der Waals surface area contributed by atoms with E-state index in [1.807, 2.05) is 19.9 Å². The Morgan fingerprint density at radius 2 is 1.79 bits per heavy atom. The molecular weight excluding hydrogens is 410 g/mol. The summed E-state index contributed by atoms with van der Waals surface area (Å²) in [7, 11) is 1.29. The van der Waals surface area contributed by atoms with Gasteiger partial charge in [0.1, 0.15) is 6.04 Å². The van der Waals surface area contributed by atoms with Crippen LogP contribution in [0.1, 0.15) is 63.5 Å². The number of ether oxygens (including phenoxy) is 1. The molecule has 1 atom stereocenters. The Morgan fingerprint density at radius 3 is 2.41 bits per heavy atom. The van der Waals surface area contributed by atoms with Gasteiger partial charge >= 0.3 is 5.97 Å². The number of hydrogen-bond acceptors (Lipinski definition) is 5. The molecule has 0 heterocycles. The van der Waals surface area contributed by atoms with Crippen LogP contribution < -0.4 is 4.90 Å². The molecular formula is C22H32ClNO4S. The van der Waals surface area contributed by atoms with Crippen molar-refractivity contribution in [2.24, 2.45) is 0 Å². The summed E-state index contributed by atoms with van der Waals surface area (Å²) in [6.45, 7) is 7.43. The van der Waals surface area contributed by atoms with E-state index in [0.717, 1.165) is 43.0 Å². The highest BCUT2D eigenvalue weighted by Crippen LogP contribution is 2.32. The molecule has 0 fully saturated rings. The topological polar surface area (TPSA) is 63.7 Å². The molecule has 1 aromatic rings. The monoisotopic (exact) mass is 441 g/mol. The molecule has 0 aliphatic heterocycles. The summed E-state index contributed by atoms with van der Waals surface area (Å²) in [5, 5.41) is 0.510. The number of unbranched alkanes of at least 4 members (excludes halogenated alkanes) is 4. The van der Waals surface area contributed by atoms with Crippen molar-refractivity contribution in [2.45, 2.75) is 72.3 Å². The van der Waals surface area contributed by atoms with Gasteiger partial charge in [0, 0.05) is 11.4 Å². The molecule has 5 nitrogen and oxygen atoms in total. The number of hydrogen-bond donors (Lipinski definition) is 0. The average Bonchev–Trinajstić information content (AvgIpc) is 2.70. The summed E-state index contributed by atoms with van der Waals surface area (Å²) >= 11 is 7.27. The molecule has 1 rings (SSSR count). The second kappa shape index (κ2) is 12.9. The molecule has 162 valence electrons. The minimum absolute atomic E-state index is 0.0000533. The molecule has 0 radical (unpaired) electrons. The predicted octanol–water partition coefficient (Wildman–Crippen LogP) is 5.47. The Hall–Kier alpha value is -1.53. The number of nitrogens with zero attached hydrogens (tertiary/aromatic N) is 1. The van der Waals surface area contributed by atoms with E-state index in [-0.39, 0.29) is 16.8 Å². The molecule has 1 unspecified atom stereocenters. The summed E-state index contributed by atoms with van der Waals surface area (Å²) < 4.78 is 4.85. The zero-order valence-corrected chi connectivity index (χ0v) is 19.6. The van der Waals surface area contributed by atoms with Crippen molar-refractivity contribution >= 4 is 46.0 Å². The summed E-state index contributed by atoms with van der Waals surface area (Å²) in [6, 6.07) is 2.75. The van der Waals surface area contributed by atoms with Gasteiger partial charge < -0.3 is 4.74 Å². The van der Waals surface area contributed by atoms with Crippen molar-refractivity contribution in [3.8, 4) is 0 Å². The lowest BCUT2D eigenvalue weighted by Gasteiger charge is -2.30. The maximum Gasteiger partial charge on any atom is 0.328 e. The third-order valence-corrected chi connectivity index (χ3v) is 6.17. The first kappa shape index (κ1) is 25.5. The molecule has 0 aliphatic rings. The largest absolute Gasteiger partial charge is 0.467 e. The number of aryl methyl sites for hydroxylation is 1. The maximum atomic E-state index is 13.0. The minimum Gasteiger partial charge on any atom is -0.467 e. The fourth-order valence-electron chi connectivity index (χ4n) is 3.15. The third kappa shape index (κ3) is 7.67. The van der Waals surface area contributed by atoms with Crippen LogP contribution in [0.3, 0.4) is 0 Å². The van der Waals surface area contributed by atoms with E-state index in [9.17, 15) is 14.4 Å². The lowest BCUT2D eigenvalue weighted by atomic mass is 10.1. The van der Waals surface area contributed by atoms with Gasteiger partial charge in [-0.15, -0.1) is 0 Å². The van der Waals surface area contributed by atoms with Crippen molar-refractivity contribution < 1.29 is 19.1 Å². The number of halogens is 1. The van der Waals surface area contributed by atoms with Crippen molar-refractivity contribution in [3.05, 3.63) is 28.3 Å². The van der Waals surface area contributed by atoms with Crippen molar-refractivity contribution in [2.75, 3.05) is 17.8 Å². The van der Waals surface area contributed by atoms with E-state index in [0.29, 0.717) is 22.7 Å². The zero-order chi connectivity index (χ0) is 22.0. The molecule has 0 saturated carbocycles. The number of carbonyl (C=O) groups is 3. The number of anilines is 1. The van der Waals surface area contributed by atoms with Crippen molar-refractivity contribution in [3.63, 3.8) is 0 Å².